The average Bonchev–Trinajstić information content (AvgIpc) is 3.64. The highest BCUT2D eigenvalue weighted by atomic mass is 16.5. The van der Waals surface area contributed by atoms with E-state index in [1.54, 1.807) is 0 Å². The fourth-order valence-electron chi connectivity index (χ4n) is 5.25. The maximum absolute atomic E-state index is 5.81. The third kappa shape index (κ3) is 6.47. The van der Waals surface area contributed by atoms with Crippen LogP contribution in [0.5, 0.6) is 0 Å². The fraction of sp³-hybridized carbons (Fsp3) is 0.235. The molecule has 0 saturated heterocycles. The Bertz CT molecular complexity index is 1550. The average molecular weight is 533 g/mol. The molecule has 0 unspecified atom stereocenters. The molecule has 202 valence electrons. The van der Waals surface area contributed by atoms with Gasteiger partial charge in [0.25, 0.3) is 0 Å². The van der Waals surface area contributed by atoms with Gasteiger partial charge in [0, 0.05) is 11.1 Å². The SMILES string of the molecule is c1ccc2c(C[n+]3ccn(CCOCCOCCn4cc[n+](Cc5cccc6ccccc56)c4)c3)cccc2c1. The van der Waals surface area contributed by atoms with Gasteiger partial charge in [0.1, 0.15) is 51.0 Å². The molecular formula is C34H36N4O2+2. The van der Waals surface area contributed by atoms with Crippen molar-refractivity contribution in [3.05, 3.63) is 133 Å². The highest BCUT2D eigenvalue weighted by Gasteiger charge is 2.09. The Labute approximate surface area is 235 Å². The minimum absolute atomic E-state index is 0.601. The lowest BCUT2D eigenvalue weighted by atomic mass is 10.0. The van der Waals surface area contributed by atoms with Crippen molar-refractivity contribution in [2.45, 2.75) is 26.2 Å². The van der Waals surface area contributed by atoms with Gasteiger partial charge in [0.2, 0.25) is 12.7 Å². The molecule has 0 aliphatic rings. The molecule has 6 aromatic rings. The van der Waals surface area contributed by atoms with Crippen molar-refractivity contribution < 1.29 is 18.6 Å². The van der Waals surface area contributed by atoms with Crippen LogP contribution in [-0.4, -0.2) is 35.6 Å². The summed E-state index contributed by atoms with van der Waals surface area (Å²) in [4.78, 5) is 0. The van der Waals surface area contributed by atoms with Crippen LogP contribution in [0, 0.1) is 0 Å². The third-order valence-electron chi connectivity index (χ3n) is 7.32. The van der Waals surface area contributed by atoms with Crippen molar-refractivity contribution in [1.29, 1.82) is 0 Å². The van der Waals surface area contributed by atoms with Crippen molar-refractivity contribution >= 4 is 21.5 Å². The lowest BCUT2D eigenvalue weighted by Crippen LogP contribution is -2.31. The summed E-state index contributed by atoms with van der Waals surface area (Å²) in [5, 5.41) is 5.19. The number of benzene rings is 4. The van der Waals surface area contributed by atoms with E-state index in [-0.39, 0.29) is 0 Å². The minimum atomic E-state index is 0.601. The number of ether oxygens (including phenoxy) is 2. The third-order valence-corrected chi connectivity index (χ3v) is 7.32. The van der Waals surface area contributed by atoms with E-state index in [0.717, 1.165) is 26.2 Å². The molecule has 4 aromatic carbocycles. The van der Waals surface area contributed by atoms with Crippen LogP contribution in [0.25, 0.3) is 21.5 Å². The first-order valence-corrected chi connectivity index (χ1v) is 14.0. The number of aromatic nitrogens is 4. The molecule has 0 aliphatic heterocycles. The second-order valence-corrected chi connectivity index (χ2v) is 10.1. The van der Waals surface area contributed by atoms with Gasteiger partial charge in [-0.3, -0.25) is 0 Å². The number of fused-ring (bicyclic) bond motifs is 2. The van der Waals surface area contributed by atoms with Gasteiger partial charge >= 0.3 is 0 Å². The highest BCUT2D eigenvalue weighted by molar-refractivity contribution is 5.86. The topological polar surface area (TPSA) is 36.1 Å². The summed E-state index contributed by atoms with van der Waals surface area (Å²) >= 11 is 0. The van der Waals surface area contributed by atoms with Crippen LogP contribution < -0.4 is 9.13 Å². The molecule has 2 heterocycles. The zero-order valence-corrected chi connectivity index (χ0v) is 22.8. The quantitative estimate of drug-likeness (QED) is 0.155. The first-order valence-electron chi connectivity index (χ1n) is 14.0. The van der Waals surface area contributed by atoms with Crippen LogP contribution >= 0.6 is 0 Å². The summed E-state index contributed by atoms with van der Waals surface area (Å²) in [6.45, 7) is 5.89. The van der Waals surface area contributed by atoms with Crippen LogP contribution in [-0.2, 0) is 35.7 Å². The van der Waals surface area contributed by atoms with Crippen LogP contribution in [0.3, 0.4) is 0 Å². The number of rotatable bonds is 13. The van der Waals surface area contributed by atoms with Gasteiger partial charge < -0.3 is 9.47 Å². The van der Waals surface area contributed by atoms with E-state index in [1.165, 1.54) is 32.7 Å². The van der Waals surface area contributed by atoms with Crippen LogP contribution in [0.4, 0.5) is 0 Å². The molecule has 0 N–H and O–H groups in total. The highest BCUT2D eigenvalue weighted by Crippen LogP contribution is 2.19. The maximum Gasteiger partial charge on any atom is 0.244 e. The van der Waals surface area contributed by atoms with Crippen LogP contribution in [0.15, 0.2) is 122 Å². The summed E-state index contributed by atoms with van der Waals surface area (Å²) < 4.78 is 20.4. The van der Waals surface area contributed by atoms with Gasteiger partial charge in [-0.2, -0.15) is 0 Å². The lowest BCUT2D eigenvalue weighted by Gasteiger charge is -2.05. The second kappa shape index (κ2) is 12.7. The van der Waals surface area contributed by atoms with Gasteiger partial charge in [-0.05, 0) is 21.5 Å². The van der Waals surface area contributed by atoms with Gasteiger partial charge in [-0.15, -0.1) is 0 Å². The van der Waals surface area contributed by atoms with Crippen molar-refractivity contribution in [2.75, 3.05) is 26.4 Å². The lowest BCUT2D eigenvalue weighted by molar-refractivity contribution is -0.687. The van der Waals surface area contributed by atoms with Crippen LogP contribution in [0.1, 0.15) is 11.1 Å². The summed E-state index contributed by atoms with van der Waals surface area (Å²) in [6.07, 6.45) is 12.7. The first-order chi connectivity index (χ1) is 19.8. The van der Waals surface area contributed by atoms with E-state index >= 15 is 0 Å². The van der Waals surface area contributed by atoms with E-state index in [9.17, 15) is 0 Å². The van der Waals surface area contributed by atoms with Crippen LogP contribution in [0.2, 0.25) is 0 Å². The molecule has 0 bridgehead atoms. The molecule has 2 aromatic heterocycles. The summed E-state index contributed by atoms with van der Waals surface area (Å²) in [6, 6.07) is 30.1. The number of hydrogen-bond acceptors (Lipinski definition) is 2. The molecule has 0 amide bonds. The predicted molar refractivity (Wildman–Crippen MR) is 157 cm³/mol. The molecule has 0 fully saturated rings. The standard InChI is InChI=1S/C34H36N4O2/c1-3-13-33-29(7-1)9-5-11-31(33)25-37-17-15-35(27-37)19-21-39-23-24-40-22-20-36-16-18-38(28-36)26-32-12-6-10-30-8-2-4-14-34(30)32/h1-18,27-28H,19-26H2/q+2. The van der Waals surface area contributed by atoms with Gasteiger partial charge in [-0.1, -0.05) is 84.9 Å². The van der Waals surface area contributed by atoms with E-state index in [1.807, 2.05) is 0 Å². The normalized spacial score (nSPS) is 11.5. The minimum Gasteiger partial charge on any atom is -0.375 e. The summed E-state index contributed by atoms with van der Waals surface area (Å²) in [5.41, 5.74) is 2.66. The van der Waals surface area contributed by atoms with Gasteiger partial charge in [0.15, 0.2) is 0 Å². The zero-order chi connectivity index (χ0) is 27.0. The van der Waals surface area contributed by atoms with E-state index in [0.29, 0.717) is 26.4 Å². The van der Waals surface area contributed by atoms with E-state index in [4.69, 9.17) is 9.47 Å². The molecule has 6 heteroatoms. The summed E-state index contributed by atoms with van der Waals surface area (Å²) in [5.74, 6) is 0. The molecule has 0 radical (unpaired) electrons. The molecule has 0 aliphatic carbocycles. The number of hydrogen-bond donors (Lipinski definition) is 0. The molecular weight excluding hydrogens is 496 g/mol. The monoisotopic (exact) mass is 532 g/mol. The second-order valence-electron chi connectivity index (χ2n) is 10.1. The van der Waals surface area contributed by atoms with Crippen molar-refractivity contribution in [1.82, 2.24) is 9.13 Å². The van der Waals surface area contributed by atoms with Gasteiger partial charge in [0.05, 0.1) is 26.4 Å². The van der Waals surface area contributed by atoms with E-state index in [2.05, 4.69) is 141 Å². The number of imidazole rings is 2. The van der Waals surface area contributed by atoms with Crippen molar-refractivity contribution in [2.24, 2.45) is 0 Å². The van der Waals surface area contributed by atoms with E-state index < -0.39 is 0 Å². The molecule has 0 saturated carbocycles. The maximum atomic E-state index is 5.81. The molecule has 40 heavy (non-hydrogen) atoms. The Morgan fingerprint density at radius 1 is 0.500 bits per heavy atom. The fourth-order valence-corrected chi connectivity index (χ4v) is 5.25. The largest absolute Gasteiger partial charge is 0.375 e. The van der Waals surface area contributed by atoms with Crippen molar-refractivity contribution in [3.8, 4) is 0 Å². The Hall–Kier alpha value is -4.26. The number of nitrogens with zero attached hydrogens (tertiary/aromatic N) is 4. The Kier molecular flexibility index (Phi) is 8.27. The Balaban J connectivity index is 0.875. The summed E-state index contributed by atoms with van der Waals surface area (Å²) in [7, 11) is 0. The predicted octanol–water partition coefficient (Wildman–Crippen LogP) is 5.00. The van der Waals surface area contributed by atoms with Crippen molar-refractivity contribution in [3.63, 3.8) is 0 Å². The molecule has 6 rings (SSSR count). The molecule has 0 atom stereocenters. The Morgan fingerprint density at radius 3 is 1.45 bits per heavy atom. The first kappa shape index (κ1) is 26.0. The Morgan fingerprint density at radius 2 is 0.950 bits per heavy atom. The zero-order valence-electron chi connectivity index (χ0n) is 22.8. The smallest absolute Gasteiger partial charge is 0.244 e. The van der Waals surface area contributed by atoms with Gasteiger partial charge in [-0.25, -0.2) is 18.3 Å². The molecule has 0 spiro atoms. The molecule has 6 nitrogen and oxygen atoms in total.